The highest BCUT2D eigenvalue weighted by molar-refractivity contribution is 5.94. The van der Waals surface area contributed by atoms with Crippen LogP contribution >= 0.6 is 0 Å². The zero-order valence-electron chi connectivity index (χ0n) is 11.5. The first kappa shape index (κ1) is 15.1. The second-order valence-corrected chi connectivity index (χ2v) is 4.55. The molecule has 21 heavy (non-hydrogen) atoms. The van der Waals surface area contributed by atoms with Crippen molar-refractivity contribution in [2.24, 2.45) is 0 Å². The van der Waals surface area contributed by atoms with Gasteiger partial charge in [0.25, 0.3) is 0 Å². The third-order valence-electron chi connectivity index (χ3n) is 2.66. The number of halogens is 3. The molecule has 2 rings (SSSR count). The quantitative estimate of drug-likeness (QED) is 0.645. The third kappa shape index (κ3) is 2.76. The van der Waals surface area contributed by atoms with E-state index < -0.39 is 28.9 Å². The molecule has 0 aliphatic rings. The number of aromatic nitrogens is 1. The molecular weight excluding hydrogens is 287 g/mol. The van der Waals surface area contributed by atoms with Crippen LogP contribution in [0.15, 0.2) is 12.1 Å². The molecule has 0 N–H and O–H groups in total. The van der Waals surface area contributed by atoms with Crippen molar-refractivity contribution >= 4 is 16.9 Å². The van der Waals surface area contributed by atoms with E-state index in [-0.39, 0.29) is 22.9 Å². The Morgan fingerprint density at radius 3 is 2.43 bits per heavy atom. The van der Waals surface area contributed by atoms with Gasteiger partial charge in [0.15, 0.2) is 23.1 Å². The van der Waals surface area contributed by atoms with Gasteiger partial charge in [-0.15, -0.1) is 0 Å². The molecule has 0 unspecified atom stereocenters. The first-order chi connectivity index (χ1) is 9.85. The fourth-order valence-corrected chi connectivity index (χ4v) is 1.80. The maximum absolute atomic E-state index is 13.8. The minimum atomic E-state index is -1.66. The average molecular weight is 299 g/mol. The van der Waals surface area contributed by atoms with Gasteiger partial charge < -0.3 is 9.47 Å². The minimum absolute atomic E-state index is 0.0215. The van der Waals surface area contributed by atoms with Crippen LogP contribution in [0, 0.1) is 17.5 Å². The summed E-state index contributed by atoms with van der Waals surface area (Å²) in [5.41, 5.74) is -0.752. The van der Waals surface area contributed by atoms with E-state index in [4.69, 9.17) is 4.74 Å². The SMILES string of the molecule is COC(=O)c1cc(OC(C)C)c2cc(F)c(F)c(F)c2n1. The molecule has 0 fully saturated rings. The van der Waals surface area contributed by atoms with Crippen LogP contribution in [0.1, 0.15) is 24.3 Å². The monoisotopic (exact) mass is 299 g/mol. The summed E-state index contributed by atoms with van der Waals surface area (Å²) in [4.78, 5) is 15.2. The van der Waals surface area contributed by atoms with E-state index in [1.807, 2.05) is 0 Å². The Morgan fingerprint density at radius 1 is 1.19 bits per heavy atom. The van der Waals surface area contributed by atoms with Gasteiger partial charge in [-0.25, -0.2) is 22.9 Å². The number of fused-ring (bicyclic) bond motifs is 1. The number of ether oxygens (including phenoxy) is 2. The first-order valence-corrected chi connectivity index (χ1v) is 6.08. The van der Waals surface area contributed by atoms with E-state index in [1.165, 1.54) is 6.07 Å². The maximum atomic E-state index is 13.8. The lowest BCUT2D eigenvalue weighted by atomic mass is 10.1. The van der Waals surface area contributed by atoms with Crippen LogP contribution in [-0.4, -0.2) is 24.2 Å². The molecule has 0 spiro atoms. The largest absolute Gasteiger partial charge is 0.490 e. The summed E-state index contributed by atoms with van der Waals surface area (Å²) in [5.74, 6) is -5.32. The summed E-state index contributed by atoms with van der Waals surface area (Å²) in [5, 5.41) is -0.0623. The van der Waals surface area contributed by atoms with Gasteiger partial charge in [-0.3, -0.25) is 0 Å². The molecule has 0 aliphatic carbocycles. The Hall–Kier alpha value is -2.31. The van der Waals surface area contributed by atoms with Crippen molar-refractivity contribution in [3.63, 3.8) is 0 Å². The molecule has 112 valence electrons. The Bertz CT molecular complexity index is 716. The van der Waals surface area contributed by atoms with Crippen LogP contribution < -0.4 is 4.74 Å². The van der Waals surface area contributed by atoms with E-state index >= 15 is 0 Å². The lowest BCUT2D eigenvalue weighted by Crippen LogP contribution is -2.10. The number of benzene rings is 1. The number of methoxy groups -OCH3 is 1. The Balaban J connectivity index is 2.80. The number of carbonyl (C=O) groups excluding carboxylic acids is 1. The number of hydrogen-bond acceptors (Lipinski definition) is 4. The predicted octanol–water partition coefficient (Wildman–Crippen LogP) is 3.23. The van der Waals surface area contributed by atoms with Crippen molar-refractivity contribution in [2.45, 2.75) is 20.0 Å². The van der Waals surface area contributed by atoms with E-state index in [0.717, 1.165) is 13.2 Å². The van der Waals surface area contributed by atoms with Crippen molar-refractivity contribution in [2.75, 3.05) is 7.11 Å². The van der Waals surface area contributed by atoms with Crippen LogP contribution in [0.2, 0.25) is 0 Å². The summed E-state index contributed by atoms with van der Waals surface area (Å²) in [7, 11) is 1.12. The first-order valence-electron chi connectivity index (χ1n) is 6.08. The van der Waals surface area contributed by atoms with Crippen molar-refractivity contribution < 1.29 is 27.4 Å². The highest BCUT2D eigenvalue weighted by Crippen LogP contribution is 2.31. The Morgan fingerprint density at radius 2 is 1.86 bits per heavy atom. The zero-order chi connectivity index (χ0) is 15.7. The van der Waals surface area contributed by atoms with Crippen molar-refractivity contribution in [1.82, 2.24) is 4.98 Å². The van der Waals surface area contributed by atoms with Crippen LogP contribution in [0.4, 0.5) is 13.2 Å². The second-order valence-electron chi connectivity index (χ2n) is 4.55. The Kier molecular flexibility index (Phi) is 4.02. The minimum Gasteiger partial charge on any atom is -0.490 e. The fourth-order valence-electron chi connectivity index (χ4n) is 1.80. The molecule has 1 heterocycles. The fraction of sp³-hybridized carbons (Fsp3) is 0.286. The standard InChI is InChI=1S/C14H12F3NO3/c1-6(2)21-10-5-9(14(19)20-3)18-13-7(10)4-8(15)11(16)12(13)17/h4-6H,1-3H3. The molecule has 0 radical (unpaired) electrons. The van der Waals surface area contributed by atoms with Gasteiger partial charge in [0.1, 0.15) is 11.3 Å². The van der Waals surface area contributed by atoms with Gasteiger partial charge in [-0.2, -0.15) is 0 Å². The topological polar surface area (TPSA) is 48.4 Å². The predicted molar refractivity (Wildman–Crippen MR) is 68.7 cm³/mol. The lowest BCUT2D eigenvalue weighted by molar-refractivity contribution is 0.0593. The highest BCUT2D eigenvalue weighted by Gasteiger charge is 2.21. The summed E-state index contributed by atoms with van der Waals surface area (Å²) < 4.78 is 50.4. The summed E-state index contributed by atoms with van der Waals surface area (Å²) >= 11 is 0. The van der Waals surface area contributed by atoms with Crippen LogP contribution in [0.25, 0.3) is 10.9 Å². The van der Waals surface area contributed by atoms with Gasteiger partial charge in [0.2, 0.25) is 0 Å². The number of carbonyl (C=O) groups is 1. The van der Waals surface area contributed by atoms with Crippen LogP contribution in [0.5, 0.6) is 5.75 Å². The number of esters is 1. The highest BCUT2D eigenvalue weighted by atomic mass is 19.2. The molecule has 0 amide bonds. The molecule has 0 saturated heterocycles. The zero-order valence-corrected chi connectivity index (χ0v) is 11.5. The van der Waals surface area contributed by atoms with Gasteiger partial charge in [-0.1, -0.05) is 0 Å². The van der Waals surface area contributed by atoms with Crippen LogP contribution in [0.3, 0.4) is 0 Å². The summed E-state index contributed by atoms with van der Waals surface area (Å²) in [6.07, 6.45) is -0.322. The van der Waals surface area contributed by atoms with Gasteiger partial charge in [0.05, 0.1) is 13.2 Å². The summed E-state index contributed by atoms with van der Waals surface area (Å²) in [6, 6.07) is 1.98. The van der Waals surface area contributed by atoms with Crippen molar-refractivity contribution in [1.29, 1.82) is 0 Å². The smallest absolute Gasteiger partial charge is 0.356 e. The number of rotatable bonds is 3. The summed E-state index contributed by atoms with van der Waals surface area (Å²) in [6.45, 7) is 3.39. The molecule has 1 aromatic carbocycles. The molecular formula is C14H12F3NO3. The Labute approximate surface area is 118 Å². The van der Waals surface area contributed by atoms with E-state index in [2.05, 4.69) is 9.72 Å². The molecule has 0 saturated carbocycles. The molecule has 0 atom stereocenters. The normalized spacial score (nSPS) is 11.0. The number of hydrogen-bond donors (Lipinski definition) is 0. The van der Waals surface area contributed by atoms with Gasteiger partial charge in [-0.05, 0) is 19.9 Å². The number of nitrogens with zero attached hydrogens (tertiary/aromatic N) is 1. The average Bonchev–Trinajstić information content (AvgIpc) is 2.44. The van der Waals surface area contributed by atoms with Crippen LogP contribution in [-0.2, 0) is 4.74 Å². The van der Waals surface area contributed by atoms with Crippen molar-refractivity contribution in [3.8, 4) is 5.75 Å². The molecule has 4 nitrogen and oxygen atoms in total. The van der Waals surface area contributed by atoms with E-state index in [1.54, 1.807) is 13.8 Å². The number of pyridine rings is 1. The second kappa shape index (κ2) is 5.59. The molecule has 2 aromatic rings. The molecule has 0 bridgehead atoms. The van der Waals surface area contributed by atoms with Gasteiger partial charge in [0, 0.05) is 11.5 Å². The molecule has 0 aliphatic heterocycles. The maximum Gasteiger partial charge on any atom is 0.356 e. The van der Waals surface area contributed by atoms with E-state index in [9.17, 15) is 18.0 Å². The molecule has 1 aromatic heterocycles. The van der Waals surface area contributed by atoms with Gasteiger partial charge >= 0.3 is 5.97 Å². The lowest BCUT2D eigenvalue weighted by Gasteiger charge is -2.14. The molecule has 7 heteroatoms. The van der Waals surface area contributed by atoms with E-state index in [0.29, 0.717) is 0 Å². The van der Waals surface area contributed by atoms with Crippen molar-refractivity contribution in [3.05, 3.63) is 35.3 Å². The third-order valence-corrected chi connectivity index (χ3v) is 2.66.